The van der Waals surface area contributed by atoms with Gasteiger partial charge in [0.2, 0.25) is 0 Å². The van der Waals surface area contributed by atoms with Gasteiger partial charge in [0.1, 0.15) is 0 Å². The predicted octanol–water partition coefficient (Wildman–Crippen LogP) is 2.33. The zero-order chi connectivity index (χ0) is 8.55. The molecule has 1 nitrogen and oxygen atoms in total. The number of allylic oxidation sites excluding steroid dienone is 7. The van der Waals surface area contributed by atoms with E-state index >= 15 is 0 Å². The van der Waals surface area contributed by atoms with Crippen LogP contribution in [0.3, 0.4) is 0 Å². The second-order valence-corrected chi connectivity index (χ2v) is 3.10. The van der Waals surface area contributed by atoms with Crippen LogP contribution in [0.1, 0.15) is 12.8 Å². The summed E-state index contributed by atoms with van der Waals surface area (Å²) in [5, 5.41) is 0. The standard InChI is InChI=1S/C11H10O/c1-8-3-2-4-9-5-6-10(12)7-11(8)9/h4-7H,1-3H2. The molecule has 0 aromatic rings. The molecular formula is C11H10O. The number of hydrogen-bond donors (Lipinski definition) is 0. The van der Waals surface area contributed by atoms with E-state index in [1.54, 1.807) is 12.2 Å². The van der Waals surface area contributed by atoms with E-state index in [-0.39, 0.29) is 5.78 Å². The molecule has 0 amide bonds. The van der Waals surface area contributed by atoms with Gasteiger partial charge in [-0.3, -0.25) is 4.79 Å². The molecule has 0 fully saturated rings. The average molecular weight is 158 g/mol. The molecule has 0 bridgehead atoms. The predicted molar refractivity (Wildman–Crippen MR) is 48.7 cm³/mol. The molecule has 2 aliphatic rings. The maximum absolute atomic E-state index is 11.0. The summed E-state index contributed by atoms with van der Waals surface area (Å²) < 4.78 is 0. The first-order valence-electron chi connectivity index (χ1n) is 4.10. The van der Waals surface area contributed by atoms with Crippen LogP contribution in [0.25, 0.3) is 0 Å². The van der Waals surface area contributed by atoms with Crippen LogP contribution in [0.4, 0.5) is 0 Å². The Balaban J connectivity index is 2.48. The van der Waals surface area contributed by atoms with Crippen LogP contribution < -0.4 is 0 Å². The van der Waals surface area contributed by atoms with Crippen LogP contribution >= 0.6 is 0 Å². The summed E-state index contributed by atoms with van der Waals surface area (Å²) in [6.45, 7) is 3.94. The fraction of sp³-hybridized carbons (Fsp3) is 0.182. The van der Waals surface area contributed by atoms with Crippen LogP contribution in [0, 0.1) is 0 Å². The van der Waals surface area contributed by atoms with E-state index in [9.17, 15) is 4.79 Å². The molecule has 12 heavy (non-hydrogen) atoms. The average Bonchev–Trinajstić information content (AvgIpc) is 2.07. The molecule has 0 aromatic heterocycles. The zero-order valence-electron chi connectivity index (χ0n) is 6.84. The minimum atomic E-state index is 0.0743. The molecule has 0 saturated carbocycles. The van der Waals surface area contributed by atoms with Crippen molar-refractivity contribution in [2.45, 2.75) is 12.8 Å². The van der Waals surface area contributed by atoms with Gasteiger partial charge in [0.05, 0.1) is 0 Å². The summed E-state index contributed by atoms with van der Waals surface area (Å²) in [7, 11) is 0. The van der Waals surface area contributed by atoms with E-state index in [1.165, 1.54) is 0 Å². The van der Waals surface area contributed by atoms with Crippen molar-refractivity contribution in [2.24, 2.45) is 0 Å². The summed E-state index contributed by atoms with van der Waals surface area (Å²) in [6, 6.07) is 0. The maximum Gasteiger partial charge on any atom is 0.179 e. The quantitative estimate of drug-likeness (QED) is 0.528. The van der Waals surface area contributed by atoms with Gasteiger partial charge in [-0.2, -0.15) is 0 Å². The van der Waals surface area contributed by atoms with Gasteiger partial charge < -0.3 is 0 Å². The van der Waals surface area contributed by atoms with Crippen molar-refractivity contribution < 1.29 is 4.79 Å². The van der Waals surface area contributed by atoms with E-state index in [1.807, 2.05) is 6.08 Å². The molecule has 1 heteroatoms. The number of rotatable bonds is 0. The third kappa shape index (κ3) is 1.07. The van der Waals surface area contributed by atoms with Gasteiger partial charge in [-0.1, -0.05) is 18.7 Å². The Morgan fingerprint density at radius 3 is 3.00 bits per heavy atom. The highest BCUT2D eigenvalue weighted by Crippen LogP contribution is 2.30. The lowest BCUT2D eigenvalue weighted by Gasteiger charge is -2.18. The minimum absolute atomic E-state index is 0.0743. The van der Waals surface area contributed by atoms with E-state index < -0.39 is 0 Å². The maximum atomic E-state index is 11.0. The van der Waals surface area contributed by atoms with Crippen LogP contribution in [0.5, 0.6) is 0 Å². The van der Waals surface area contributed by atoms with E-state index in [4.69, 9.17) is 0 Å². The summed E-state index contributed by atoms with van der Waals surface area (Å²) in [5.41, 5.74) is 3.28. The van der Waals surface area contributed by atoms with Crippen molar-refractivity contribution in [1.82, 2.24) is 0 Å². The van der Waals surface area contributed by atoms with Crippen molar-refractivity contribution in [2.75, 3.05) is 0 Å². The van der Waals surface area contributed by atoms with Crippen LogP contribution in [0.15, 0.2) is 47.6 Å². The monoisotopic (exact) mass is 158 g/mol. The second kappa shape index (κ2) is 2.59. The van der Waals surface area contributed by atoms with Crippen molar-refractivity contribution in [3.05, 3.63) is 47.6 Å². The molecule has 0 heterocycles. The Bertz CT molecular complexity index is 340. The summed E-state index contributed by atoms with van der Waals surface area (Å²) in [4.78, 5) is 11.0. The highest BCUT2D eigenvalue weighted by Gasteiger charge is 2.15. The molecule has 0 aromatic carbocycles. The fourth-order valence-electron chi connectivity index (χ4n) is 1.56. The molecule has 0 atom stereocenters. The lowest BCUT2D eigenvalue weighted by Crippen LogP contribution is -2.05. The van der Waals surface area contributed by atoms with Gasteiger partial charge in [0.25, 0.3) is 0 Å². The molecule has 0 N–H and O–H groups in total. The van der Waals surface area contributed by atoms with Gasteiger partial charge >= 0.3 is 0 Å². The van der Waals surface area contributed by atoms with E-state index in [0.717, 1.165) is 29.6 Å². The lowest BCUT2D eigenvalue weighted by molar-refractivity contribution is -0.110. The molecule has 60 valence electrons. The van der Waals surface area contributed by atoms with Crippen molar-refractivity contribution in [3.8, 4) is 0 Å². The number of fused-ring (bicyclic) bond motifs is 1. The molecule has 0 saturated heterocycles. The Morgan fingerprint density at radius 1 is 1.33 bits per heavy atom. The van der Waals surface area contributed by atoms with Gasteiger partial charge in [0, 0.05) is 0 Å². The third-order valence-electron chi connectivity index (χ3n) is 2.22. The number of carbonyl (C=O) groups excluding carboxylic acids is 1. The molecule has 2 aliphatic carbocycles. The van der Waals surface area contributed by atoms with Gasteiger partial charge in [-0.15, -0.1) is 0 Å². The van der Waals surface area contributed by atoms with Gasteiger partial charge in [0.15, 0.2) is 5.78 Å². The van der Waals surface area contributed by atoms with Crippen molar-refractivity contribution in [1.29, 1.82) is 0 Å². The van der Waals surface area contributed by atoms with Crippen LogP contribution in [-0.2, 0) is 4.79 Å². The largest absolute Gasteiger partial charge is 0.290 e. The zero-order valence-corrected chi connectivity index (χ0v) is 6.84. The topological polar surface area (TPSA) is 17.1 Å². The summed E-state index contributed by atoms with van der Waals surface area (Å²) >= 11 is 0. The first-order chi connectivity index (χ1) is 5.77. The smallest absolute Gasteiger partial charge is 0.179 e. The minimum Gasteiger partial charge on any atom is -0.290 e. The van der Waals surface area contributed by atoms with Crippen molar-refractivity contribution in [3.63, 3.8) is 0 Å². The first-order valence-corrected chi connectivity index (χ1v) is 4.10. The number of hydrogen-bond acceptors (Lipinski definition) is 1. The molecule has 0 radical (unpaired) electrons. The molecule has 0 spiro atoms. The third-order valence-corrected chi connectivity index (χ3v) is 2.22. The summed E-state index contributed by atoms with van der Waals surface area (Å²) in [5.74, 6) is 0.0743. The second-order valence-electron chi connectivity index (χ2n) is 3.10. The van der Waals surface area contributed by atoms with Crippen molar-refractivity contribution >= 4 is 5.78 Å². The Labute approximate surface area is 71.8 Å². The highest BCUT2D eigenvalue weighted by molar-refractivity contribution is 6.03. The molecular weight excluding hydrogens is 148 g/mol. The number of ketones is 1. The first kappa shape index (κ1) is 7.29. The summed E-state index contributed by atoms with van der Waals surface area (Å²) in [6.07, 6.45) is 9.34. The fourth-order valence-corrected chi connectivity index (χ4v) is 1.56. The van der Waals surface area contributed by atoms with Gasteiger partial charge in [-0.25, -0.2) is 0 Å². The highest BCUT2D eigenvalue weighted by atomic mass is 16.1. The molecule has 0 unspecified atom stereocenters. The Morgan fingerprint density at radius 2 is 2.17 bits per heavy atom. The number of carbonyl (C=O) groups is 1. The molecule has 0 aliphatic heterocycles. The Hall–Kier alpha value is -1.37. The van der Waals surface area contributed by atoms with Crippen LogP contribution in [0.2, 0.25) is 0 Å². The van der Waals surface area contributed by atoms with Crippen LogP contribution in [-0.4, -0.2) is 5.78 Å². The van der Waals surface area contributed by atoms with Gasteiger partial charge in [-0.05, 0) is 41.7 Å². The normalized spacial score (nSPS) is 21.7. The SMILES string of the molecule is C=C1CCC=C2C=CC(=O)C=C12. The molecule has 2 rings (SSSR count). The van der Waals surface area contributed by atoms with E-state index in [0.29, 0.717) is 0 Å². The Kier molecular flexibility index (Phi) is 1.58. The lowest BCUT2D eigenvalue weighted by atomic mass is 9.86. The van der Waals surface area contributed by atoms with E-state index in [2.05, 4.69) is 12.7 Å².